The highest BCUT2D eigenvalue weighted by atomic mass is 79.9. The molecule has 5 nitrogen and oxygen atoms in total. The fourth-order valence-corrected chi connectivity index (χ4v) is 4.97. The molecule has 0 radical (unpaired) electrons. The third-order valence-electron chi connectivity index (χ3n) is 5.31. The molecule has 2 aromatic carbocycles. The molecule has 150 valence electrons. The number of piperidine rings is 1. The van der Waals surface area contributed by atoms with Crippen LogP contribution in [-0.2, 0) is 11.3 Å². The van der Waals surface area contributed by atoms with E-state index in [1.165, 1.54) is 0 Å². The van der Waals surface area contributed by atoms with E-state index >= 15 is 0 Å². The van der Waals surface area contributed by atoms with E-state index in [0.717, 1.165) is 19.7 Å². The van der Waals surface area contributed by atoms with Crippen molar-refractivity contribution in [1.82, 2.24) is 14.8 Å². The van der Waals surface area contributed by atoms with Crippen LogP contribution in [0, 0.1) is 5.92 Å². The molecule has 1 aliphatic rings. The number of hydrogen-bond donors (Lipinski definition) is 0. The van der Waals surface area contributed by atoms with E-state index < -0.39 is 0 Å². The fourth-order valence-electron chi connectivity index (χ4n) is 3.68. The van der Waals surface area contributed by atoms with Crippen LogP contribution in [0.3, 0.4) is 0 Å². The van der Waals surface area contributed by atoms with Crippen molar-refractivity contribution in [3.05, 3.63) is 63.6 Å². The molecule has 0 bridgehead atoms. The van der Waals surface area contributed by atoms with E-state index in [1.54, 1.807) is 16.2 Å². The van der Waals surface area contributed by atoms with Gasteiger partial charge in [-0.05, 0) is 49.2 Å². The van der Waals surface area contributed by atoms with Crippen LogP contribution >= 0.6 is 27.3 Å². The van der Waals surface area contributed by atoms with Gasteiger partial charge in [-0.1, -0.05) is 28.1 Å². The third kappa shape index (κ3) is 4.51. The topological polar surface area (TPSA) is 53.5 Å². The van der Waals surface area contributed by atoms with Gasteiger partial charge in [-0.25, -0.2) is 4.98 Å². The molecular weight excluding hydrogens is 450 g/mol. The van der Waals surface area contributed by atoms with Crippen molar-refractivity contribution in [2.45, 2.75) is 19.4 Å². The largest absolute Gasteiger partial charge is 0.339 e. The second-order valence-electron chi connectivity index (χ2n) is 7.34. The maximum Gasteiger partial charge on any atom is 0.253 e. The van der Waals surface area contributed by atoms with Crippen molar-refractivity contribution in [3.8, 4) is 0 Å². The highest BCUT2D eigenvalue weighted by Crippen LogP contribution is 2.25. The molecule has 0 saturated carbocycles. The average Bonchev–Trinajstić information content (AvgIpc) is 3.15. The first-order valence-corrected chi connectivity index (χ1v) is 11.3. The van der Waals surface area contributed by atoms with Crippen molar-refractivity contribution in [2.24, 2.45) is 5.92 Å². The number of nitrogens with zero attached hydrogens (tertiary/aromatic N) is 3. The summed E-state index contributed by atoms with van der Waals surface area (Å²) in [6, 6.07) is 15.4. The van der Waals surface area contributed by atoms with Gasteiger partial charge in [0, 0.05) is 36.1 Å². The highest BCUT2D eigenvalue weighted by Gasteiger charge is 2.29. The molecule has 0 unspecified atom stereocenters. The van der Waals surface area contributed by atoms with Gasteiger partial charge in [-0.3, -0.25) is 9.59 Å². The number of fused-ring (bicyclic) bond motifs is 1. The van der Waals surface area contributed by atoms with Crippen LogP contribution in [0.4, 0.5) is 0 Å². The van der Waals surface area contributed by atoms with Crippen molar-refractivity contribution in [2.75, 3.05) is 20.1 Å². The molecule has 0 aliphatic carbocycles. The molecule has 1 aromatic heterocycles. The van der Waals surface area contributed by atoms with E-state index in [2.05, 4.69) is 27.0 Å². The Balaban J connectivity index is 1.33. The second-order valence-corrected chi connectivity index (χ2v) is 9.37. The van der Waals surface area contributed by atoms with Gasteiger partial charge < -0.3 is 9.80 Å². The fraction of sp³-hybridized carbons (Fsp3) is 0.318. The molecular formula is C22H22BrN3O2S. The van der Waals surface area contributed by atoms with E-state index in [4.69, 9.17) is 0 Å². The summed E-state index contributed by atoms with van der Waals surface area (Å²) in [6.07, 6.45) is 1.40. The van der Waals surface area contributed by atoms with Gasteiger partial charge in [0.15, 0.2) is 0 Å². The molecule has 2 heterocycles. The molecule has 3 aromatic rings. The van der Waals surface area contributed by atoms with Gasteiger partial charge in [0.2, 0.25) is 5.91 Å². The normalized spacial score (nSPS) is 14.9. The van der Waals surface area contributed by atoms with Crippen LogP contribution in [0.1, 0.15) is 28.2 Å². The summed E-state index contributed by atoms with van der Waals surface area (Å²) in [6.45, 7) is 1.75. The summed E-state index contributed by atoms with van der Waals surface area (Å²) in [5.41, 5.74) is 1.67. The SMILES string of the molecule is CN(Cc1nc2ccccc2s1)C(=O)C1CCN(C(=O)c2ccc(Br)cc2)CC1. The standard InChI is InChI=1S/C22H22BrN3O2S/c1-25(14-20-24-18-4-2-3-5-19(18)29-20)21(27)16-10-12-26(13-11-16)22(28)15-6-8-17(23)9-7-15/h2-9,16H,10-14H2,1H3. The van der Waals surface area contributed by atoms with Crippen LogP contribution in [0.5, 0.6) is 0 Å². The van der Waals surface area contributed by atoms with E-state index in [0.29, 0.717) is 38.0 Å². The van der Waals surface area contributed by atoms with Crippen LogP contribution in [-0.4, -0.2) is 46.7 Å². The number of amides is 2. The third-order valence-corrected chi connectivity index (χ3v) is 6.86. The molecule has 1 fully saturated rings. The van der Waals surface area contributed by atoms with Gasteiger partial charge in [-0.15, -0.1) is 11.3 Å². The molecule has 7 heteroatoms. The van der Waals surface area contributed by atoms with Gasteiger partial charge in [0.1, 0.15) is 5.01 Å². The average molecular weight is 472 g/mol. The van der Waals surface area contributed by atoms with E-state index in [-0.39, 0.29) is 17.7 Å². The molecule has 2 amide bonds. The van der Waals surface area contributed by atoms with Crippen molar-refractivity contribution in [3.63, 3.8) is 0 Å². The Morgan fingerprint density at radius 3 is 2.52 bits per heavy atom. The maximum atomic E-state index is 12.9. The van der Waals surface area contributed by atoms with Crippen molar-refractivity contribution >= 4 is 49.3 Å². The first-order valence-electron chi connectivity index (χ1n) is 9.65. The molecule has 1 saturated heterocycles. The Kier molecular flexibility index (Phi) is 5.96. The number of rotatable bonds is 4. The van der Waals surface area contributed by atoms with Crippen molar-refractivity contribution < 1.29 is 9.59 Å². The lowest BCUT2D eigenvalue weighted by molar-refractivity contribution is -0.136. The molecule has 0 N–H and O–H groups in total. The lowest BCUT2D eigenvalue weighted by atomic mass is 9.95. The minimum absolute atomic E-state index is 0.0335. The Morgan fingerprint density at radius 2 is 1.83 bits per heavy atom. The Hall–Kier alpha value is -2.25. The quantitative estimate of drug-likeness (QED) is 0.559. The number of aromatic nitrogens is 1. The maximum absolute atomic E-state index is 12.9. The first-order chi connectivity index (χ1) is 14.0. The minimum atomic E-state index is -0.0386. The zero-order valence-corrected chi connectivity index (χ0v) is 18.6. The van der Waals surface area contributed by atoms with Gasteiger partial charge in [0.25, 0.3) is 5.91 Å². The highest BCUT2D eigenvalue weighted by molar-refractivity contribution is 9.10. The number of carbonyl (C=O) groups is 2. The molecule has 4 rings (SSSR count). The summed E-state index contributed by atoms with van der Waals surface area (Å²) in [4.78, 5) is 33.8. The van der Waals surface area contributed by atoms with Gasteiger partial charge in [0.05, 0.1) is 16.8 Å². The van der Waals surface area contributed by atoms with Crippen molar-refractivity contribution in [1.29, 1.82) is 0 Å². The minimum Gasteiger partial charge on any atom is -0.339 e. The number of likely N-dealkylation sites (tertiary alicyclic amines) is 1. The smallest absolute Gasteiger partial charge is 0.253 e. The van der Waals surface area contributed by atoms with Crippen LogP contribution < -0.4 is 0 Å². The summed E-state index contributed by atoms with van der Waals surface area (Å²) in [5, 5.41) is 0.949. The summed E-state index contributed by atoms with van der Waals surface area (Å²) in [5.74, 6) is 0.134. The summed E-state index contributed by atoms with van der Waals surface area (Å²) >= 11 is 5.02. The predicted molar refractivity (Wildman–Crippen MR) is 119 cm³/mol. The van der Waals surface area contributed by atoms with Crippen LogP contribution in [0.25, 0.3) is 10.2 Å². The molecule has 29 heavy (non-hydrogen) atoms. The monoisotopic (exact) mass is 471 g/mol. The molecule has 1 aliphatic heterocycles. The predicted octanol–water partition coefficient (Wildman–Crippen LogP) is 4.57. The van der Waals surface area contributed by atoms with Gasteiger partial charge >= 0.3 is 0 Å². The van der Waals surface area contributed by atoms with E-state index in [1.807, 2.05) is 54.4 Å². The zero-order chi connectivity index (χ0) is 20.4. The second kappa shape index (κ2) is 8.63. The molecule has 0 spiro atoms. The zero-order valence-electron chi connectivity index (χ0n) is 16.2. The summed E-state index contributed by atoms with van der Waals surface area (Å²) < 4.78 is 2.10. The number of benzene rings is 2. The van der Waals surface area contributed by atoms with Crippen LogP contribution in [0.2, 0.25) is 0 Å². The van der Waals surface area contributed by atoms with Gasteiger partial charge in [-0.2, -0.15) is 0 Å². The number of carbonyl (C=O) groups excluding carboxylic acids is 2. The first kappa shape index (κ1) is 20.0. The van der Waals surface area contributed by atoms with Crippen LogP contribution in [0.15, 0.2) is 53.0 Å². The number of thiazole rings is 1. The Bertz CT molecular complexity index is 993. The molecule has 0 atom stereocenters. The Morgan fingerprint density at radius 1 is 1.14 bits per heavy atom. The number of hydrogen-bond acceptors (Lipinski definition) is 4. The summed E-state index contributed by atoms with van der Waals surface area (Å²) in [7, 11) is 1.84. The number of halogens is 1. The van der Waals surface area contributed by atoms with E-state index in [9.17, 15) is 9.59 Å². The number of para-hydroxylation sites is 1. The lowest BCUT2D eigenvalue weighted by Crippen LogP contribution is -2.43. The lowest BCUT2D eigenvalue weighted by Gasteiger charge is -2.33. The Labute approximate surface area is 182 Å².